The summed E-state index contributed by atoms with van der Waals surface area (Å²) in [6.07, 6.45) is -2.19. The Morgan fingerprint density at radius 1 is 1.20 bits per heavy atom. The van der Waals surface area contributed by atoms with Crippen LogP contribution in [0.1, 0.15) is 11.8 Å². The minimum absolute atomic E-state index is 0.176. The number of aliphatic hydroxyl groups is 3. The molecule has 160 valence electrons. The van der Waals surface area contributed by atoms with Crippen LogP contribution in [0, 0.1) is 3.57 Å². The van der Waals surface area contributed by atoms with E-state index in [0.29, 0.717) is 23.7 Å². The van der Waals surface area contributed by atoms with Crippen molar-refractivity contribution >= 4 is 51.2 Å². The number of nitrogens with one attached hydrogen (secondary N) is 1. The number of hydrogen-bond donors (Lipinski definition) is 6. The maximum atomic E-state index is 10.3. The molecule has 0 amide bonds. The zero-order chi connectivity index (χ0) is 21.4. The van der Waals surface area contributed by atoms with E-state index >= 15 is 0 Å². The molecule has 3 heterocycles. The molecule has 2 aromatic heterocycles. The minimum atomic E-state index is -1.25. The van der Waals surface area contributed by atoms with Crippen molar-refractivity contribution in [3.8, 4) is 0 Å². The van der Waals surface area contributed by atoms with Crippen molar-refractivity contribution in [2.45, 2.75) is 31.0 Å². The van der Waals surface area contributed by atoms with Crippen LogP contribution in [-0.2, 0) is 11.2 Å². The predicted octanol–water partition coefficient (Wildman–Crippen LogP) is -0.139. The summed E-state index contributed by atoms with van der Waals surface area (Å²) in [6, 6.07) is 5.86. The zero-order valence-corrected chi connectivity index (χ0v) is 18.0. The van der Waals surface area contributed by atoms with Gasteiger partial charge < -0.3 is 36.8 Å². The standard InChI is InChI=1S/C18H22IN7O4/c19-9-5-8(1-2-10(9)20)3-4-22-18-24-15(21)12-16(25-18)26(7-23-12)17-14(29)13(28)11(6-27)30-17/h1-2,5,7,11,13-14,17,27-29H,3-4,6,20H2,(H3,21,22,24,25). The summed E-state index contributed by atoms with van der Waals surface area (Å²) in [5.41, 5.74) is 14.4. The van der Waals surface area contributed by atoms with Crippen LogP contribution in [0.2, 0.25) is 0 Å². The fourth-order valence-electron chi connectivity index (χ4n) is 3.36. The second-order valence-electron chi connectivity index (χ2n) is 7.02. The van der Waals surface area contributed by atoms with Crippen LogP contribution in [-0.4, -0.2) is 66.3 Å². The summed E-state index contributed by atoms with van der Waals surface area (Å²) in [7, 11) is 0. The molecule has 30 heavy (non-hydrogen) atoms. The first kappa shape index (κ1) is 21.0. The maximum Gasteiger partial charge on any atom is 0.226 e. The van der Waals surface area contributed by atoms with Gasteiger partial charge in [0, 0.05) is 15.8 Å². The Hall–Kier alpha value is -2.26. The third-order valence-electron chi connectivity index (χ3n) is 5.00. The lowest BCUT2D eigenvalue weighted by Gasteiger charge is -2.17. The highest BCUT2D eigenvalue weighted by Gasteiger charge is 2.44. The molecule has 8 N–H and O–H groups in total. The number of benzene rings is 1. The van der Waals surface area contributed by atoms with Gasteiger partial charge in [-0.3, -0.25) is 4.57 Å². The van der Waals surface area contributed by atoms with Crippen molar-refractivity contribution in [3.05, 3.63) is 33.7 Å². The van der Waals surface area contributed by atoms with Gasteiger partial charge >= 0.3 is 0 Å². The average Bonchev–Trinajstić information content (AvgIpc) is 3.26. The minimum Gasteiger partial charge on any atom is -0.398 e. The first-order valence-electron chi connectivity index (χ1n) is 9.29. The first-order chi connectivity index (χ1) is 14.4. The Morgan fingerprint density at radius 2 is 2.00 bits per heavy atom. The molecule has 0 radical (unpaired) electrons. The average molecular weight is 527 g/mol. The summed E-state index contributed by atoms with van der Waals surface area (Å²) < 4.78 is 8.04. The van der Waals surface area contributed by atoms with Crippen LogP contribution in [0.3, 0.4) is 0 Å². The van der Waals surface area contributed by atoms with Gasteiger partial charge in [-0.1, -0.05) is 6.07 Å². The van der Waals surface area contributed by atoms with E-state index in [2.05, 4.69) is 42.9 Å². The number of rotatable bonds is 6. The van der Waals surface area contributed by atoms with Crippen LogP contribution < -0.4 is 16.8 Å². The van der Waals surface area contributed by atoms with Gasteiger partial charge in [-0.05, 0) is 46.7 Å². The second-order valence-corrected chi connectivity index (χ2v) is 8.18. The fourth-order valence-corrected chi connectivity index (χ4v) is 3.94. The summed E-state index contributed by atoms with van der Waals surface area (Å²) in [6.45, 7) is 0.141. The molecule has 0 saturated carbocycles. The van der Waals surface area contributed by atoms with Gasteiger partial charge in [0.1, 0.15) is 23.8 Å². The van der Waals surface area contributed by atoms with Gasteiger partial charge in [0.2, 0.25) is 5.95 Å². The molecule has 1 fully saturated rings. The number of nitrogens with zero attached hydrogens (tertiary/aromatic N) is 4. The number of imidazole rings is 1. The molecular weight excluding hydrogens is 505 g/mol. The number of nitrogen functional groups attached to an aromatic ring is 2. The van der Waals surface area contributed by atoms with Crippen molar-refractivity contribution in [1.29, 1.82) is 0 Å². The highest BCUT2D eigenvalue weighted by Crippen LogP contribution is 2.32. The number of ether oxygens (including phenoxy) is 1. The van der Waals surface area contributed by atoms with Gasteiger partial charge in [-0.2, -0.15) is 9.97 Å². The Kier molecular flexibility index (Phi) is 5.92. The van der Waals surface area contributed by atoms with E-state index in [1.54, 1.807) is 0 Å². The monoisotopic (exact) mass is 527 g/mol. The molecule has 4 rings (SSSR count). The van der Waals surface area contributed by atoms with Gasteiger partial charge in [-0.25, -0.2) is 4.98 Å². The molecule has 11 nitrogen and oxygen atoms in total. The van der Waals surface area contributed by atoms with Crippen LogP contribution in [0.25, 0.3) is 11.2 Å². The second kappa shape index (κ2) is 8.47. The molecular formula is C18H22IN7O4. The van der Waals surface area contributed by atoms with E-state index < -0.39 is 31.1 Å². The Labute approximate surface area is 185 Å². The maximum absolute atomic E-state index is 10.3. The van der Waals surface area contributed by atoms with Crippen LogP contribution in [0.5, 0.6) is 0 Å². The SMILES string of the molecule is Nc1ccc(CCNc2nc(N)c3ncn(C4OC(CO)C(O)C4O)c3n2)cc1I. The lowest BCUT2D eigenvalue weighted by Crippen LogP contribution is -2.33. The van der Waals surface area contributed by atoms with Crippen molar-refractivity contribution < 1.29 is 20.1 Å². The van der Waals surface area contributed by atoms with E-state index in [1.807, 2.05) is 18.2 Å². The smallest absolute Gasteiger partial charge is 0.226 e. The summed E-state index contributed by atoms with van der Waals surface area (Å²) in [5.74, 6) is 0.480. The van der Waals surface area contributed by atoms with Gasteiger partial charge in [-0.15, -0.1) is 0 Å². The molecule has 3 aromatic rings. The predicted molar refractivity (Wildman–Crippen MR) is 119 cm³/mol. The summed E-state index contributed by atoms with van der Waals surface area (Å²) in [5, 5.41) is 32.8. The van der Waals surface area contributed by atoms with Crippen molar-refractivity contribution in [1.82, 2.24) is 19.5 Å². The Balaban J connectivity index is 1.54. The molecule has 4 unspecified atom stereocenters. The normalized spacial score (nSPS) is 23.9. The highest BCUT2D eigenvalue weighted by atomic mass is 127. The van der Waals surface area contributed by atoms with E-state index in [4.69, 9.17) is 16.2 Å². The lowest BCUT2D eigenvalue weighted by molar-refractivity contribution is -0.0511. The number of aromatic nitrogens is 4. The molecule has 1 aromatic carbocycles. The van der Waals surface area contributed by atoms with Gasteiger partial charge in [0.05, 0.1) is 12.9 Å². The fraction of sp³-hybridized carbons (Fsp3) is 0.389. The van der Waals surface area contributed by atoms with Crippen molar-refractivity contribution in [2.75, 3.05) is 29.9 Å². The van der Waals surface area contributed by atoms with Crippen molar-refractivity contribution in [3.63, 3.8) is 0 Å². The largest absolute Gasteiger partial charge is 0.398 e. The van der Waals surface area contributed by atoms with E-state index in [0.717, 1.165) is 21.2 Å². The number of halogens is 1. The summed E-state index contributed by atoms with van der Waals surface area (Å²) >= 11 is 2.19. The quantitative estimate of drug-likeness (QED) is 0.187. The van der Waals surface area contributed by atoms with Gasteiger partial charge in [0.15, 0.2) is 17.7 Å². The van der Waals surface area contributed by atoms with Crippen LogP contribution in [0.15, 0.2) is 24.5 Å². The molecule has 1 aliphatic rings. The van der Waals surface area contributed by atoms with Gasteiger partial charge in [0.25, 0.3) is 0 Å². The van der Waals surface area contributed by atoms with Crippen LogP contribution >= 0.6 is 22.6 Å². The topological polar surface area (TPSA) is 178 Å². The number of fused-ring (bicyclic) bond motifs is 1. The number of aliphatic hydroxyl groups excluding tert-OH is 3. The number of anilines is 3. The Bertz CT molecular complexity index is 1060. The van der Waals surface area contributed by atoms with Crippen LogP contribution in [0.4, 0.5) is 17.5 Å². The summed E-state index contributed by atoms with van der Waals surface area (Å²) in [4.78, 5) is 12.9. The van der Waals surface area contributed by atoms with E-state index in [-0.39, 0.29) is 5.82 Å². The highest BCUT2D eigenvalue weighted by molar-refractivity contribution is 14.1. The number of hydrogen-bond acceptors (Lipinski definition) is 10. The Morgan fingerprint density at radius 3 is 2.70 bits per heavy atom. The number of nitrogens with two attached hydrogens (primary N) is 2. The molecule has 0 spiro atoms. The molecule has 0 aliphatic carbocycles. The lowest BCUT2D eigenvalue weighted by atomic mass is 10.1. The molecule has 1 aliphatic heterocycles. The van der Waals surface area contributed by atoms with E-state index in [1.165, 1.54) is 10.9 Å². The first-order valence-corrected chi connectivity index (χ1v) is 10.4. The molecule has 12 heteroatoms. The third kappa shape index (κ3) is 3.88. The molecule has 0 bridgehead atoms. The zero-order valence-electron chi connectivity index (χ0n) is 15.8. The van der Waals surface area contributed by atoms with Crippen molar-refractivity contribution in [2.24, 2.45) is 0 Å². The third-order valence-corrected chi connectivity index (χ3v) is 5.94. The molecule has 1 saturated heterocycles. The molecule has 4 atom stereocenters. The van der Waals surface area contributed by atoms with E-state index in [9.17, 15) is 15.3 Å².